The van der Waals surface area contributed by atoms with Gasteiger partial charge in [-0.25, -0.2) is 13.6 Å². The van der Waals surface area contributed by atoms with E-state index in [0.717, 1.165) is 17.0 Å². The van der Waals surface area contributed by atoms with Crippen molar-refractivity contribution in [2.24, 2.45) is 0 Å². The van der Waals surface area contributed by atoms with Gasteiger partial charge in [0.1, 0.15) is 23.2 Å². The van der Waals surface area contributed by atoms with E-state index in [2.05, 4.69) is 0 Å². The van der Waals surface area contributed by atoms with Gasteiger partial charge in [0, 0.05) is 0 Å². The molecule has 0 N–H and O–H groups in total. The van der Waals surface area contributed by atoms with Crippen LogP contribution in [0.2, 0.25) is 0 Å². The Morgan fingerprint density at radius 2 is 1.48 bits per heavy atom. The lowest BCUT2D eigenvalue weighted by Crippen LogP contribution is -2.45. The number of ether oxygens (including phenoxy) is 1. The number of nitrogens with zero attached hydrogens (tertiary/aromatic N) is 1. The molecule has 0 bridgehead atoms. The first kappa shape index (κ1) is 18.6. The SMILES string of the molecule is COC(=O)[C@H](C)N(C(=O)c1c(F)cccc1F)c1c(C)cccc1C. The molecule has 0 radical (unpaired) electrons. The zero-order chi connectivity index (χ0) is 18.7. The fourth-order valence-corrected chi connectivity index (χ4v) is 2.76. The molecule has 0 spiro atoms. The number of hydrogen-bond acceptors (Lipinski definition) is 3. The summed E-state index contributed by atoms with van der Waals surface area (Å²) in [6.45, 7) is 4.96. The average molecular weight is 347 g/mol. The summed E-state index contributed by atoms with van der Waals surface area (Å²) in [5, 5.41) is 0. The third kappa shape index (κ3) is 3.52. The van der Waals surface area contributed by atoms with Gasteiger partial charge >= 0.3 is 5.97 Å². The van der Waals surface area contributed by atoms with Gasteiger partial charge in [0.25, 0.3) is 5.91 Å². The molecular weight excluding hydrogens is 328 g/mol. The summed E-state index contributed by atoms with van der Waals surface area (Å²) in [6.07, 6.45) is 0. The van der Waals surface area contributed by atoms with Crippen molar-refractivity contribution in [1.29, 1.82) is 0 Å². The zero-order valence-electron chi connectivity index (χ0n) is 14.5. The number of carbonyl (C=O) groups is 2. The molecule has 4 nitrogen and oxygen atoms in total. The van der Waals surface area contributed by atoms with Crippen LogP contribution >= 0.6 is 0 Å². The summed E-state index contributed by atoms with van der Waals surface area (Å²) in [5.74, 6) is -3.60. The molecule has 0 unspecified atom stereocenters. The van der Waals surface area contributed by atoms with Gasteiger partial charge in [-0.1, -0.05) is 24.3 Å². The normalized spacial score (nSPS) is 11.8. The molecule has 0 saturated carbocycles. The maximum absolute atomic E-state index is 14.1. The fraction of sp³-hybridized carbons (Fsp3) is 0.263. The Kier molecular flexibility index (Phi) is 5.51. The van der Waals surface area contributed by atoms with Crippen LogP contribution in [0.15, 0.2) is 36.4 Å². The Morgan fingerprint density at radius 1 is 1.00 bits per heavy atom. The highest BCUT2D eigenvalue weighted by Crippen LogP contribution is 2.29. The van der Waals surface area contributed by atoms with Crippen LogP contribution in [0.4, 0.5) is 14.5 Å². The van der Waals surface area contributed by atoms with E-state index in [0.29, 0.717) is 16.8 Å². The summed E-state index contributed by atoms with van der Waals surface area (Å²) in [6, 6.07) is 7.42. The highest BCUT2D eigenvalue weighted by Gasteiger charge is 2.33. The summed E-state index contributed by atoms with van der Waals surface area (Å²) in [7, 11) is 1.19. The Morgan fingerprint density at radius 3 is 1.96 bits per heavy atom. The maximum Gasteiger partial charge on any atom is 0.328 e. The van der Waals surface area contributed by atoms with E-state index in [1.54, 1.807) is 32.0 Å². The van der Waals surface area contributed by atoms with Gasteiger partial charge in [-0.3, -0.25) is 9.69 Å². The highest BCUT2D eigenvalue weighted by atomic mass is 19.1. The Bertz CT molecular complexity index is 780. The molecule has 2 rings (SSSR count). The minimum absolute atomic E-state index is 0.424. The second-order valence-corrected chi connectivity index (χ2v) is 5.71. The molecule has 0 saturated heterocycles. The Hall–Kier alpha value is -2.76. The molecule has 132 valence electrons. The van der Waals surface area contributed by atoms with Gasteiger partial charge in [-0.05, 0) is 44.0 Å². The average Bonchev–Trinajstić information content (AvgIpc) is 2.56. The predicted molar refractivity (Wildman–Crippen MR) is 90.6 cm³/mol. The summed E-state index contributed by atoms with van der Waals surface area (Å²) >= 11 is 0. The van der Waals surface area contributed by atoms with Gasteiger partial charge in [0.15, 0.2) is 0 Å². The van der Waals surface area contributed by atoms with Crippen LogP contribution in [0.25, 0.3) is 0 Å². The largest absolute Gasteiger partial charge is 0.467 e. The van der Waals surface area contributed by atoms with Crippen molar-refractivity contribution < 1.29 is 23.1 Å². The van der Waals surface area contributed by atoms with Crippen molar-refractivity contribution in [3.63, 3.8) is 0 Å². The number of rotatable bonds is 4. The van der Waals surface area contributed by atoms with Gasteiger partial charge < -0.3 is 4.74 Å². The van der Waals surface area contributed by atoms with Gasteiger partial charge in [0.05, 0.1) is 12.8 Å². The number of halogens is 2. The van der Waals surface area contributed by atoms with Crippen LogP contribution in [0.1, 0.15) is 28.4 Å². The molecule has 0 heterocycles. The van der Waals surface area contributed by atoms with Crippen LogP contribution in [-0.2, 0) is 9.53 Å². The molecule has 25 heavy (non-hydrogen) atoms. The third-order valence-electron chi connectivity index (χ3n) is 4.01. The third-order valence-corrected chi connectivity index (χ3v) is 4.01. The van der Waals surface area contributed by atoms with Crippen molar-refractivity contribution in [2.45, 2.75) is 26.8 Å². The molecule has 6 heteroatoms. The number of methoxy groups -OCH3 is 1. The van der Waals surface area contributed by atoms with Crippen molar-refractivity contribution >= 4 is 17.6 Å². The fourth-order valence-electron chi connectivity index (χ4n) is 2.76. The number of aryl methyl sites for hydroxylation is 2. The van der Waals surface area contributed by atoms with Crippen molar-refractivity contribution in [2.75, 3.05) is 12.0 Å². The molecular formula is C19H19F2NO3. The molecule has 0 aliphatic carbocycles. The standard InChI is InChI=1S/C19H19F2NO3/c1-11-7-5-8-12(2)17(11)22(13(3)19(24)25-4)18(23)16-14(20)9-6-10-15(16)21/h5-10,13H,1-4H3/t13-/m0/s1. The molecule has 0 aromatic heterocycles. The van der Waals surface area contributed by atoms with E-state index in [-0.39, 0.29) is 0 Å². The van der Waals surface area contributed by atoms with Crippen LogP contribution < -0.4 is 4.90 Å². The number of benzene rings is 2. The quantitative estimate of drug-likeness (QED) is 0.791. The van der Waals surface area contributed by atoms with Crippen LogP contribution in [0.3, 0.4) is 0 Å². The number of hydrogen-bond donors (Lipinski definition) is 0. The Labute approximate surface area is 145 Å². The van der Waals surface area contributed by atoms with E-state index in [1.165, 1.54) is 20.1 Å². The van der Waals surface area contributed by atoms with E-state index in [4.69, 9.17) is 4.74 Å². The van der Waals surface area contributed by atoms with Gasteiger partial charge in [0.2, 0.25) is 0 Å². The first-order valence-corrected chi connectivity index (χ1v) is 7.71. The maximum atomic E-state index is 14.1. The topological polar surface area (TPSA) is 46.6 Å². The van der Waals surface area contributed by atoms with E-state index < -0.39 is 35.1 Å². The minimum Gasteiger partial charge on any atom is -0.467 e. The zero-order valence-corrected chi connectivity index (χ0v) is 14.5. The minimum atomic E-state index is -1.06. The lowest BCUT2D eigenvalue weighted by Gasteiger charge is -2.30. The summed E-state index contributed by atoms with van der Waals surface area (Å²) in [5.41, 5.74) is 1.11. The second kappa shape index (κ2) is 7.42. The second-order valence-electron chi connectivity index (χ2n) is 5.71. The molecule has 1 atom stereocenters. The van der Waals surface area contributed by atoms with E-state index in [1.807, 2.05) is 0 Å². The molecule has 2 aromatic rings. The first-order valence-electron chi connectivity index (χ1n) is 7.71. The van der Waals surface area contributed by atoms with Crippen LogP contribution in [0, 0.1) is 25.5 Å². The summed E-state index contributed by atoms with van der Waals surface area (Å²) < 4.78 is 33.0. The summed E-state index contributed by atoms with van der Waals surface area (Å²) in [4.78, 5) is 26.1. The number of anilines is 1. The van der Waals surface area contributed by atoms with Crippen LogP contribution in [-0.4, -0.2) is 25.0 Å². The highest BCUT2D eigenvalue weighted by molar-refractivity contribution is 6.10. The molecule has 2 aromatic carbocycles. The smallest absolute Gasteiger partial charge is 0.328 e. The first-order chi connectivity index (χ1) is 11.8. The van der Waals surface area contributed by atoms with E-state index in [9.17, 15) is 18.4 Å². The number of para-hydroxylation sites is 1. The number of esters is 1. The molecule has 1 amide bonds. The van der Waals surface area contributed by atoms with Gasteiger partial charge in [-0.2, -0.15) is 0 Å². The Balaban J connectivity index is 2.68. The lowest BCUT2D eigenvalue weighted by molar-refractivity contribution is -0.141. The van der Waals surface area contributed by atoms with Gasteiger partial charge in [-0.15, -0.1) is 0 Å². The van der Waals surface area contributed by atoms with E-state index >= 15 is 0 Å². The number of amides is 1. The molecule has 0 aliphatic rings. The molecule has 0 aliphatic heterocycles. The van der Waals surface area contributed by atoms with Crippen molar-refractivity contribution in [1.82, 2.24) is 0 Å². The van der Waals surface area contributed by atoms with Crippen molar-refractivity contribution in [3.8, 4) is 0 Å². The monoisotopic (exact) mass is 347 g/mol. The predicted octanol–water partition coefficient (Wildman–Crippen LogP) is 3.79. The van der Waals surface area contributed by atoms with Crippen molar-refractivity contribution in [3.05, 3.63) is 64.7 Å². The molecule has 0 fully saturated rings. The number of carbonyl (C=O) groups excluding carboxylic acids is 2. The van der Waals surface area contributed by atoms with Crippen LogP contribution in [0.5, 0.6) is 0 Å². The lowest BCUT2D eigenvalue weighted by atomic mass is 10.0.